The van der Waals surface area contributed by atoms with E-state index >= 15 is 0 Å². The summed E-state index contributed by atoms with van der Waals surface area (Å²) in [6.45, 7) is 6.16. The van der Waals surface area contributed by atoms with Gasteiger partial charge in [0.2, 0.25) is 0 Å². The number of rotatable bonds is 7. The summed E-state index contributed by atoms with van der Waals surface area (Å²) in [5.74, 6) is 0.730. The summed E-state index contributed by atoms with van der Waals surface area (Å²) in [4.78, 5) is 2.41. The molecule has 0 aliphatic carbocycles. The van der Waals surface area contributed by atoms with E-state index in [1.54, 1.807) is 0 Å². The molecule has 1 atom stereocenters. The maximum Gasteiger partial charge on any atom is 0.0506 e. The van der Waals surface area contributed by atoms with Crippen LogP contribution in [0, 0.1) is 5.92 Å². The van der Waals surface area contributed by atoms with Gasteiger partial charge >= 0.3 is 0 Å². The quantitative estimate of drug-likeness (QED) is 0.762. The fourth-order valence-corrected chi connectivity index (χ4v) is 2.58. The fourth-order valence-electron chi connectivity index (χ4n) is 2.58. The van der Waals surface area contributed by atoms with Crippen molar-refractivity contribution in [1.82, 2.24) is 10.2 Å². The van der Waals surface area contributed by atoms with Crippen LogP contribution < -0.4 is 5.32 Å². The summed E-state index contributed by atoms with van der Waals surface area (Å²) < 4.78 is 5.52. The van der Waals surface area contributed by atoms with Crippen LogP contribution in [0.4, 0.5) is 0 Å². The molecule has 0 saturated carbocycles. The molecule has 3 heteroatoms. The molecule has 0 aromatic heterocycles. The smallest absolute Gasteiger partial charge is 0.0506 e. The van der Waals surface area contributed by atoms with Crippen LogP contribution in [0.15, 0.2) is 30.3 Å². The molecule has 2 rings (SSSR count). The number of hydrogen-bond donors (Lipinski definition) is 1. The lowest BCUT2D eigenvalue weighted by atomic mass is 10.0. The lowest BCUT2D eigenvalue weighted by molar-refractivity contribution is 0.0422. The maximum atomic E-state index is 5.52. The van der Waals surface area contributed by atoms with Gasteiger partial charge in [0, 0.05) is 32.8 Å². The molecule has 0 bridgehead atoms. The number of nitrogens with one attached hydrogen (secondary N) is 1. The van der Waals surface area contributed by atoms with Gasteiger partial charge in [0.1, 0.15) is 0 Å². The van der Waals surface area contributed by atoms with Crippen molar-refractivity contribution < 1.29 is 4.74 Å². The molecule has 3 nitrogen and oxygen atoms in total. The lowest BCUT2D eigenvalue weighted by Crippen LogP contribution is -2.35. The van der Waals surface area contributed by atoms with Crippen molar-refractivity contribution in [3.05, 3.63) is 35.9 Å². The second-order valence-corrected chi connectivity index (χ2v) is 5.51. The van der Waals surface area contributed by atoms with Crippen LogP contribution in [0.3, 0.4) is 0 Å². The Morgan fingerprint density at radius 2 is 2.16 bits per heavy atom. The Hall–Kier alpha value is -0.900. The number of likely N-dealkylation sites (N-methyl/N-ethyl adjacent to an activating group) is 1. The lowest BCUT2D eigenvalue weighted by Gasteiger charge is -2.27. The standard InChI is InChI=1S/C16H26N2O/c1-18(13-16-8-5-11-19-14-16)10-9-17-12-15-6-3-2-4-7-15/h2-4,6-7,16-17H,5,8-14H2,1H3. The molecule has 1 heterocycles. The van der Waals surface area contributed by atoms with Gasteiger partial charge in [-0.15, -0.1) is 0 Å². The summed E-state index contributed by atoms with van der Waals surface area (Å²) in [6, 6.07) is 10.6. The molecule has 0 spiro atoms. The number of ether oxygens (including phenoxy) is 1. The highest BCUT2D eigenvalue weighted by Crippen LogP contribution is 2.13. The summed E-state index contributed by atoms with van der Waals surface area (Å²) in [5, 5.41) is 3.50. The molecular formula is C16H26N2O. The first-order chi connectivity index (χ1) is 9.34. The van der Waals surface area contributed by atoms with Gasteiger partial charge in [-0.2, -0.15) is 0 Å². The Morgan fingerprint density at radius 1 is 1.32 bits per heavy atom. The summed E-state index contributed by atoms with van der Waals surface area (Å²) in [5.41, 5.74) is 1.35. The summed E-state index contributed by atoms with van der Waals surface area (Å²) in [6.07, 6.45) is 2.55. The Morgan fingerprint density at radius 3 is 2.89 bits per heavy atom. The summed E-state index contributed by atoms with van der Waals surface area (Å²) in [7, 11) is 2.21. The van der Waals surface area contributed by atoms with Crippen LogP contribution >= 0.6 is 0 Å². The highest BCUT2D eigenvalue weighted by atomic mass is 16.5. The predicted molar refractivity (Wildman–Crippen MR) is 79.2 cm³/mol. The number of nitrogens with zero attached hydrogens (tertiary/aromatic N) is 1. The normalized spacial score (nSPS) is 19.8. The van der Waals surface area contributed by atoms with Crippen LogP contribution in [-0.4, -0.2) is 44.8 Å². The zero-order valence-electron chi connectivity index (χ0n) is 12.0. The van der Waals surface area contributed by atoms with Crippen molar-refractivity contribution in [2.24, 2.45) is 5.92 Å². The van der Waals surface area contributed by atoms with Crippen LogP contribution in [0.5, 0.6) is 0 Å². The van der Waals surface area contributed by atoms with Gasteiger partial charge in [-0.25, -0.2) is 0 Å². The third kappa shape index (κ3) is 5.72. The SMILES string of the molecule is CN(CCNCc1ccccc1)CC1CCCOC1. The first-order valence-corrected chi connectivity index (χ1v) is 7.35. The van der Waals surface area contributed by atoms with E-state index in [1.807, 2.05) is 0 Å². The molecule has 1 aromatic carbocycles. The Bertz CT molecular complexity index is 336. The average molecular weight is 262 g/mol. The Kier molecular flexibility index (Phi) is 6.34. The topological polar surface area (TPSA) is 24.5 Å². The average Bonchev–Trinajstić information content (AvgIpc) is 2.46. The van der Waals surface area contributed by atoms with Crippen molar-refractivity contribution in [2.45, 2.75) is 19.4 Å². The zero-order valence-corrected chi connectivity index (χ0v) is 12.0. The molecule has 1 aliphatic heterocycles. The molecule has 0 radical (unpaired) electrons. The third-order valence-corrected chi connectivity index (χ3v) is 3.67. The molecule has 1 unspecified atom stereocenters. The van der Waals surface area contributed by atoms with E-state index in [1.165, 1.54) is 18.4 Å². The summed E-state index contributed by atoms with van der Waals surface area (Å²) >= 11 is 0. The van der Waals surface area contributed by atoms with E-state index in [4.69, 9.17) is 4.74 Å². The molecule has 1 saturated heterocycles. The first kappa shape index (κ1) is 14.5. The van der Waals surface area contributed by atoms with Gasteiger partial charge in [0.25, 0.3) is 0 Å². The minimum absolute atomic E-state index is 0.730. The number of benzene rings is 1. The van der Waals surface area contributed by atoms with Crippen LogP contribution in [0.25, 0.3) is 0 Å². The van der Waals surface area contributed by atoms with Gasteiger partial charge in [-0.3, -0.25) is 0 Å². The molecular weight excluding hydrogens is 236 g/mol. The fraction of sp³-hybridized carbons (Fsp3) is 0.625. The van der Waals surface area contributed by atoms with Crippen LogP contribution in [0.2, 0.25) is 0 Å². The second kappa shape index (κ2) is 8.31. The van der Waals surface area contributed by atoms with Crippen molar-refractivity contribution in [3.8, 4) is 0 Å². The van der Waals surface area contributed by atoms with E-state index in [9.17, 15) is 0 Å². The van der Waals surface area contributed by atoms with Gasteiger partial charge in [0.05, 0.1) is 6.61 Å². The molecule has 1 aromatic rings. The minimum atomic E-state index is 0.730. The van der Waals surface area contributed by atoms with Crippen molar-refractivity contribution in [1.29, 1.82) is 0 Å². The molecule has 1 aliphatic rings. The third-order valence-electron chi connectivity index (χ3n) is 3.67. The highest BCUT2D eigenvalue weighted by molar-refractivity contribution is 5.14. The van der Waals surface area contributed by atoms with Crippen molar-refractivity contribution in [2.75, 3.05) is 39.9 Å². The van der Waals surface area contributed by atoms with Gasteiger partial charge in [-0.1, -0.05) is 30.3 Å². The van der Waals surface area contributed by atoms with Crippen molar-refractivity contribution >= 4 is 0 Å². The van der Waals surface area contributed by atoms with Crippen LogP contribution in [-0.2, 0) is 11.3 Å². The molecule has 106 valence electrons. The second-order valence-electron chi connectivity index (χ2n) is 5.51. The van der Waals surface area contributed by atoms with E-state index in [0.717, 1.165) is 45.3 Å². The monoisotopic (exact) mass is 262 g/mol. The highest BCUT2D eigenvalue weighted by Gasteiger charge is 2.15. The number of hydrogen-bond acceptors (Lipinski definition) is 3. The van der Waals surface area contributed by atoms with Crippen LogP contribution in [0.1, 0.15) is 18.4 Å². The largest absolute Gasteiger partial charge is 0.381 e. The molecule has 19 heavy (non-hydrogen) atoms. The molecule has 1 N–H and O–H groups in total. The molecule has 0 amide bonds. The predicted octanol–water partition coefficient (Wildman–Crippen LogP) is 2.13. The van der Waals surface area contributed by atoms with Gasteiger partial charge in [0.15, 0.2) is 0 Å². The van der Waals surface area contributed by atoms with Gasteiger partial charge in [-0.05, 0) is 31.4 Å². The Labute approximate surface area is 116 Å². The van der Waals surface area contributed by atoms with E-state index < -0.39 is 0 Å². The molecule has 1 fully saturated rings. The maximum absolute atomic E-state index is 5.52. The van der Waals surface area contributed by atoms with Crippen molar-refractivity contribution in [3.63, 3.8) is 0 Å². The van der Waals surface area contributed by atoms with E-state index in [2.05, 4.69) is 47.6 Å². The zero-order chi connectivity index (χ0) is 13.3. The minimum Gasteiger partial charge on any atom is -0.381 e. The van der Waals surface area contributed by atoms with E-state index in [0.29, 0.717) is 0 Å². The van der Waals surface area contributed by atoms with E-state index in [-0.39, 0.29) is 0 Å². The first-order valence-electron chi connectivity index (χ1n) is 7.35. The Balaban J connectivity index is 1.55. The van der Waals surface area contributed by atoms with Gasteiger partial charge < -0.3 is 15.0 Å².